The summed E-state index contributed by atoms with van der Waals surface area (Å²) in [6, 6.07) is 17.9. The van der Waals surface area contributed by atoms with Gasteiger partial charge >= 0.3 is 0 Å². The van der Waals surface area contributed by atoms with Crippen LogP contribution in [0.2, 0.25) is 5.02 Å². The van der Waals surface area contributed by atoms with Crippen molar-refractivity contribution in [2.45, 2.75) is 38.9 Å². The Bertz CT molecular complexity index is 1440. The number of aromatic nitrogens is 1. The van der Waals surface area contributed by atoms with Crippen LogP contribution in [-0.4, -0.2) is 79.0 Å². The molecule has 0 amide bonds. The summed E-state index contributed by atoms with van der Waals surface area (Å²) < 4.78 is 17.9. The Labute approximate surface area is 260 Å². The van der Waals surface area contributed by atoms with Gasteiger partial charge in [-0.25, -0.2) is 0 Å². The summed E-state index contributed by atoms with van der Waals surface area (Å²) in [5.41, 5.74) is 3.92. The third-order valence-corrected chi connectivity index (χ3v) is 9.46. The van der Waals surface area contributed by atoms with E-state index in [2.05, 4.69) is 46.8 Å². The maximum absolute atomic E-state index is 11.8. The van der Waals surface area contributed by atoms with Crippen molar-refractivity contribution in [2.24, 2.45) is 5.41 Å². The van der Waals surface area contributed by atoms with Crippen LogP contribution in [0.25, 0.3) is 5.57 Å². The Hall–Kier alpha value is -2.94. The topological polar surface area (TPSA) is 67.3 Å². The maximum atomic E-state index is 11.8. The van der Waals surface area contributed by atoms with Gasteiger partial charge in [0, 0.05) is 67.0 Å². The fraction of sp³-hybridized carbons (Fsp3) is 0.457. The van der Waals surface area contributed by atoms with Crippen LogP contribution in [0, 0.1) is 5.41 Å². The lowest BCUT2D eigenvalue weighted by molar-refractivity contribution is -0.125. The molecule has 1 unspecified atom stereocenters. The summed E-state index contributed by atoms with van der Waals surface area (Å²) in [6.07, 6.45) is 5.68. The van der Waals surface area contributed by atoms with Crippen molar-refractivity contribution >= 4 is 17.2 Å². The highest BCUT2D eigenvalue weighted by atomic mass is 35.5. The summed E-state index contributed by atoms with van der Waals surface area (Å²) in [7, 11) is 0. The SMILES string of the molecule is CC1(C)CN(CC/C=C2/c3cc(OCCN4CCOCC4)ccc3OCc3ncccc32)CCC1(O)c1ccc(Cl)cc1. The molecule has 1 aromatic heterocycles. The van der Waals surface area contributed by atoms with E-state index in [0.29, 0.717) is 24.7 Å². The summed E-state index contributed by atoms with van der Waals surface area (Å²) in [5.74, 6) is 1.69. The van der Waals surface area contributed by atoms with Gasteiger partial charge in [-0.05, 0) is 60.4 Å². The Morgan fingerprint density at radius 2 is 1.81 bits per heavy atom. The van der Waals surface area contributed by atoms with E-state index in [0.717, 1.165) is 98.4 Å². The fourth-order valence-corrected chi connectivity index (χ4v) is 6.76. The molecule has 0 spiro atoms. The number of hydrogen-bond donors (Lipinski definition) is 1. The van der Waals surface area contributed by atoms with Crippen LogP contribution in [-0.2, 0) is 16.9 Å². The number of ether oxygens (including phenoxy) is 3. The summed E-state index contributed by atoms with van der Waals surface area (Å²) in [6.45, 7) is 12.3. The quantitative estimate of drug-likeness (QED) is 0.350. The molecule has 3 aromatic rings. The monoisotopic (exact) mass is 603 g/mol. The van der Waals surface area contributed by atoms with Gasteiger partial charge in [0.2, 0.25) is 0 Å². The molecule has 2 fully saturated rings. The smallest absolute Gasteiger partial charge is 0.131 e. The minimum Gasteiger partial charge on any atom is -0.492 e. The van der Waals surface area contributed by atoms with Crippen molar-refractivity contribution in [3.8, 4) is 11.5 Å². The molecule has 2 aromatic carbocycles. The average Bonchev–Trinajstić information content (AvgIpc) is 3.16. The molecule has 7 nitrogen and oxygen atoms in total. The highest BCUT2D eigenvalue weighted by Crippen LogP contribution is 2.46. The van der Waals surface area contributed by atoms with Gasteiger partial charge in [-0.15, -0.1) is 0 Å². The number of piperidine rings is 1. The first-order chi connectivity index (χ1) is 20.8. The van der Waals surface area contributed by atoms with Crippen LogP contribution in [0.3, 0.4) is 0 Å². The summed E-state index contributed by atoms with van der Waals surface area (Å²) >= 11 is 6.13. The normalized spacial score (nSPS) is 23.2. The van der Waals surface area contributed by atoms with Gasteiger partial charge in [0.05, 0.1) is 24.5 Å². The van der Waals surface area contributed by atoms with Gasteiger partial charge in [0.1, 0.15) is 24.7 Å². The van der Waals surface area contributed by atoms with Crippen LogP contribution < -0.4 is 9.47 Å². The Morgan fingerprint density at radius 3 is 2.60 bits per heavy atom. The second-order valence-corrected chi connectivity index (χ2v) is 12.9. The third kappa shape index (κ3) is 6.61. The molecule has 0 bridgehead atoms. The molecule has 228 valence electrons. The number of nitrogens with zero attached hydrogens (tertiary/aromatic N) is 3. The third-order valence-electron chi connectivity index (χ3n) is 9.21. The minimum atomic E-state index is -0.896. The van der Waals surface area contributed by atoms with Crippen LogP contribution in [0.4, 0.5) is 0 Å². The van der Waals surface area contributed by atoms with E-state index in [1.807, 2.05) is 48.7 Å². The Balaban J connectivity index is 1.17. The van der Waals surface area contributed by atoms with Gasteiger partial charge in [-0.2, -0.15) is 0 Å². The molecule has 1 atom stereocenters. The predicted octanol–water partition coefficient (Wildman–Crippen LogP) is 5.78. The second kappa shape index (κ2) is 13.0. The molecule has 4 heterocycles. The molecule has 6 rings (SSSR count). The van der Waals surface area contributed by atoms with Crippen LogP contribution >= 0.6 is 11.6 Å². The number of fused-ring (bicyclic) bond motifs is 2. The molecule has 0 saturated carbocycles. The molecule has 3 aliphatic rings. The molecule has 43 heavy (non-hydrogen) atoms. The van der Waals surface area contributed by atoms with Gasteiger partial charge in [-0.1, -0.05) is 49.7 Å². The zero-order valence-corrected chi connectivity index (χ0v) is 26.0. The van der Waals surface area contributed by atoms with Crippen molar-refractivity contribution in [1.29, 1.82) is 0 Å². The maximum Gasteiger partial charge on any atom is 0.131 e. The lowest BCUT2D eigenvalue weighted by Crippen LogP contribution is -2.55. The molecule has 3 aliphatic heterocycles. The zero-order valence-electron chi connectivity index (χ0n) is 25.2. The van der Waals surface area contributed by atoms with Crippen molar-refractivity contribution in [1.82, 2.24) is 14.8 Å². The van der Waals surface area contributed by atoms with Crippen LogP contribution in [0.5, 0.6) is 11.5 Å². The van der Waals surface area contributed by atoms with E-state index in [1.54, 1.807) is 0 Å². The number of hydrogen-bond acceptors (Lipinski definition) is 7. The van der Waals surface area contributed by atoms with E-state index in [4.69, 9.17) is 25.8 Å². The first-order valence-corrected chi connectivity index (χ1v) is 15.8. The molecule has 1 N–H and O–H groups in total. The minimum absolute atomic E-state index is 0.320. The van der Waals surface area contributed by atoms with E-state index < -0.39 is 5.60 Å². The highest BCUT2D eigenvalue weighted by Gasteiger charge is 2.48. The molecular weight excluding hydrogens is 562 g/mol. The molecule has 8 heteroatoms. The van der Waals surface area contributed by atoms with Crippen molar-refractivity contribution in [3.05, 3.63) is 94.3 Å². The number of morpholine rings is 1. The van der Waals surface area contributed by atoms with E-state index >= 15 is 0 Å². The predicted molar refractivity (Wildman–Crippen MR) is 170 cm³/mol. The van der Waals surface area contributed by atoms with Crippen LogP contribution in [0.15, 0.2) is 66.9 Å². The average molecular weight is 604 g/mol. The molecular formula is C35H42ClN3O4. The number of halogens is 1. The van der Waals surface area contributed by atoms with Crippen LogP contribution in [0.1, 0.15) is 49.1 Å². The van der Waals surface area contributed by atoms with E-state index in [-0.39, 0.29) is 5.41 Å². The Kier molecular flexibility index (Phi) is 9.08. The molecule has 0 aliphatic carbocycles. The number of likely N-dealkylation sites (tertiary alicyclic amines) is 1. The second-order valence-electron chi connectivity index (χ2n) is 12.4. The number of benzene rings is 2. The van der Waals surface area contributed by atoms with Gasteiger partial charge in [-0.3, -0.25) is 9.88 Å². The van der Waals surface area contributed by atoms with Gasteiger partial charge in [0.15, 0.2) is 0 Å². The van der Waals surface area contributed by atoms with Crippen molar-refractivity contribution in [3.63, 3.8) is 0 Å². The lowest BCUT2D eigenvalue weighted by Gasteiger charge is -2.50. The fourth-order valence-electron chi connectivity index (χ4n) is 6.63. The Morgan fingerprint density at radius 1 is 1.00 bits per heavy atom. The first kappa shape index (κ1) is 30.1. The largest absolute Gasteiger partial charge is 0.492 e. The van der Waals surface area contributed by atoms with E-state index in [9.17, 15) is 5.11 Å². The summed E-state index contributed by atoms with van der Waals surface area (Å²) in [5, 5.41) is 12.5. The zero-order chi connectivity index (χ0) is 29.9. The summed E-state index contributed by atoms with van der Waals surface area (Å²) in [4.78, 5) is 9.48. The number of aliphatic hydroxyl groups is 1. The van der Waals surface area contributed by atoms with Gasteiger partial charge < -0.3 is 24.2 Å². The van der Waals surface area contributed by atoms with Crippen molar-refractivity contribution < 1.29 is 19.3 Å². The number of rotatable bonds is 8. The standard InChI is InChI=1S/C35H42ClN3O4/c1-34(2)25-39(16-13-35(34,40)26-7-9-27(36)10-8-26)15-4-6-29-30-5-3-14-37-32(30)24-43-33-12-11-28(23-31(29)33)42-22-19-38-17-20-41-21-18-38/h3,5-12,14,23,40H,4,13,15-22,24-25H2,1-2H3/b29-6+. The van der Waals surface area contributed by atoms with E-state index in [1.165, 1.54) is 0 Å². The first-order valence-electron chi connectivity index (χ1n) is 15.4. The van der Waals surface area contributed by atoms with Crippen molar-refractivity contribution in [2.75, 3.05) is 59.1 Å². The molecule has 0 radical (unpaired) electrons. The highest BCUT2D eigenvalue weighted by molar-refractivity contribution is 6.30. The molecule has 2 saturated heterocycles. The lowest BCUT2D eigenvalue weighted by atomic mass is 9.66. The number of pyridine rings is 1. The van der Waals surface area contributed by atoms with Gasteiger partial charge in [0.25, 0.3) is 0 Å².